The number of methoxy groups -OCH3 is 2. The number of benzene rings is 2. The van der Waals surface area contributed by atoms with E-state index in [1.165, 1.54) is 45.4 Å². The van der Waals surface area contributed by atoms with Crippen molar-refractivity contribution in [2.24, 2.45) is 0 Å². The number of ether oxygens (including phenoxy) is 2. The standard InChI is InChI=1S/C16H17NO5S/c1-11(18)12-5-4-6-14(9-12)23(19,20)17-13-7-8-15(21-2)16(10-13)22-3/h4-10,17H,1-3H3. The predicted molar refractivity (Wildman–Crippen MR) is 86.8 cm³/mol. The molecule has 0 aliphatic heterocycles. The number of hydrogen-bond donors (Lipinski definition) is 1. The van der Waals surface area contributed by atoms with E-state index in [1.807, 2.05) is 0 Å². The predicted octanol–water partition coefficient (Wildman–Crippen LogP) is 2.71. The number of anilines is 1. The fraction of sp³-hybridized carbons (Fsp3) is 0.188. The summed E-state index contributed by atoms with van der Waals surface area (Å²) in [5.74, 6) is 0.701. The quantitative estimate of drug-likeness (QED) is 0.821. The van der Waals surface area contributed by atoms with Gasteiger partial charge < -0.3 is 9.47 Å². The summed E-state index contributed by atoms with van der Waals surface area (Å²) in [6.45, 7) is 1.38. The van der Waals surface area contributed by atoms with Gasteiger partial charge >= 0.3 is 0 Å². The van der Waals surface area contributed by atoms with Crippen LogP contribution in [0.3, 0.4) is 0 Å². The molecule has 0 saturated carbocycles. The van der Waals surface area contributed by atoms with Gasteiger partial charge in [0.15, 0.2) is 17.3 Å². The Bertz CT molecular complexity index is 830. The van der Waals surface area contributed by atoms with Crippen LogP contribution in [0.4, 0.5) is 5.69 Å². The number of sulfonamides is 1. The maximum Gasteiger partial charge on any atom is 0.261 e. The van der Waals surface area contributed by atoms with Gasteiger partial charge in [-0.3, -0.25) is 9.52 Å². The van der Waals surface area contributed by atoms with E-state index in [1.54, 1.807) is 18.2 Å². The molecule has 0 radical (unpaired) electrons. The van der Waals surface area contributed by atoms with E-state index in [0.717, 1.165) is 0 Å². The molecule has 0 saturated heterocycles. The van der Waals surface area contributed by atoms with Crippen molar-refractivity contribution in [2.45, 2.75) is 11.8 Å². The zero-order valence-electron chi connectivity index (χ0n) is 13.0. The summed E-state index contributed by atoms with van der Waals surface area (Å²) in [6.07, 6.45) is 0. The molecule has 122 valence electrons. The lowest BCUT2D eigenvalue weighted by molar-refractivity contribution is 0.101. The normalized spacial score (nSPS) is 10.9. The molecule has 6 nitrogen and oxygen atoms in total. The average Bonchev–Trinajstić information content (AvgIpc) is 2.54. The lowest BCUT2D eigenvalue weighted by atomic mass is 10.2. The van der Waals surface area contributed by atoms with Gasteiger partial charge in [0.2, 0.25) is 0 Å². The third kappa shape index (κ3) is 3.81. The summed E-state index contributed by atoms with van der Waals surface area (Å²) in [5.41, 5.74) is 0.663. The van der Waals surface area contributed by atoms with Gasteiger partial charge in [0.1, 0.15) is 0 Å². The molecule has 0 aliphatic carbocycles. The summed E-state index contributed by atoms with van der Waals surface area (Å²) in [6, 6.07) is 10.5. The Hall–Kier alpha value is -2.54. The Morgan fingerprint density at radius 3 is 2.30 bits per heavy atom. The highest BCUT2D eigenvalue weighted by Gasteiger charge is 2.16. The second kappa shape index (κ2) is 6.70. The molecule has 0 aromatic heterocycles. The van der Waals surface area contributed by atoms with E-state index in [2.05, 4.69) is 4.72 Å². The Morgan fingerprint density at radius 1 is 1.00 bits per heavy atom. The van der Waals surface area contributed by atoms with Gasteiger partial charge in [-0.15, -0.1) is 0 Å². The maximum atomic E-state index is 12.4. The molecular formula is C16H17NO5S. The molecule has 7 heteroatoms. The highest BCUT2D eigenvalue weighted by molar-refractivity contribution is 7.92. The van der Waals surface area contributed by atoms with Crippen LogP contribution in [0.25, 0.3) is 0 Å². The number of ketones is 1. The molecule has 0 fully saturated rings. The molecule has 1 N–H and O–H groups in total. The zero-order valence-corrected chi connectivity index (χ0v) is 13.8. The van der Waals surface area contributed by atoms with Crippen LogP contribution in [0.1, 0.15) is 17.3 Å². The minimum Gasteiger partial charge on any atom is -0.493 e. The molecule has 0 bridgehead atoms. The number of carbonyl (C=O) groups excluding carboxylic acids is 1. The minimum absolute atomic E-state index is 0.0139. The van der Waals surface area contributed by atoms with Crippen LogP contribution in [-0.4, -0.2) is 28.4 Å². The van der Waals surface area contributed by atoms with Crippen molar-refractivity contribution in [3.05, 3.63) is 48.0 Å². The second-order valence-corrected chi connectivity index (χ2v) is 6.44. The van der Waals surface area contributed by atoms with Gasteiger partial charge in [0, 0.05) is 11.6 Å². The molecule has 0 amide bonds. The molecule has 0 unspecified atom stereocenters. The van der Waals surface area contributed by atoms with Crippen molar-refractivity contribution in [3.63, 3.8) is 0 Å². The van der Waals surface area contributed by atoms with E-state index < -0.39 is 10.0 Å². The lowest BCUT2D eigenvalue weighted by Crippen LogP contribution is -2.13. The van der Waals surface area contributed by atoms with Crippen LogP contribution in [0.15, 0.2) is 47.4 Å². The molecule has 2 aromatic rings. The van der Waals surface area contributed by atoms with Gasteiger partial charge in [-0.2, -0.15) is 0 Å². The van der Waals surface area contributed by atoms with E-state index in [4.69, 9.17) is 9.47 Å². The van der Waals surface area contributed by atoms with E-state index in [0.29, 0.717) is 22.7 Å². The molecular weight excluding hydrogens is 318 g/mol. The fourth-order valence-corrected chi connectivity index (χ4v) is 3.09. The van der Waals surface area contributed by atoms with Gasteiger partial charge in [0.25, 0.3) is 10.0 Å². The molecule has 23 heavy (non-hydrogen) atoms. The second-order valence-electron chi connectivity index (χ2n) is 4.76. The molecule has 2 aromatic carbocycles. The van der Waals surface area contributed by atoms with Crippen LogP contribution in [-0.2, 0) is 10.0 Å². The Labute approximate surface area is 135 Å². The first-order valence-corrected chi connectivity index (χ1v) is 8.21. The SMILES string of the molecule is COc1ccc(NS(=O)(=O)c2cccc(C(C)=O)c2)cc1OC. The summed E-state index contributed by atoms with van der Waals surface area (Å²) in [5, 5.41) is 0. The number of nitrogens with one attached hydrogen (secondary N) is 1. The van der Waals surface area contributed by atoms with Crippen LogP contribution in [0.2, 0.25) is 0 Å². The first kappa shape index (κ1) is 16.8. The number of hydrogen-bond acceptors (Lipinski definition) is 5. The number of Topliss-reactive ketones (excluding diaryl/α,β-unsaturated/α-hetero) is 1. The van der Waals surface area contributed by atoms with E-state index in [9.17, 15) is 13.2 Å². The zero-order chi connectivity index (χ0) is 17.0. The van der Waals surface area contributed by atoms with Crippen LogP contribution >= 0.6 is 0 Å². The monoisotopic (exact) mass is 335 g/mol. The van der Waals surface area contributed by atoms with Crippen molar-refractivity contribution in [3.8, 4) is 11.5 Å². The van der Waals surface area contributed by atoms with E-state index in [-0.39, 0.29) is 10.7 Å². The van der Waals surface area contributed by atoms with Crippen LogP contribution in [0.5, 0.6) is 11.5 Å². The summed E-state index contributed by atoms with van der Waals surface area (Å²) < 4.78 is 37.6. The molecule has 2 rings (SSSR count). The summed E-state index contributed by atoms with van der Waals surface area (Å²) in [7, 11) is -0.853. The third-order valence-corrected chi connectivity index (χ3v) is 4.57. The van der Waals surface area contributed by atoms with Crippen molar-refractivity contribution < 1.29 is 22.7 Å². The number of carbonyl (C=O) groups is 1. The van der Waals surface area contributed by atoms with E-state index >= 15 is 0 Å². The Kier molecular flexibility index (Phi) is 4.90. The first-order valence-electron chi connectivity index (χ1n) is 6.73. The lowest BCUT2D eigenvalue weighted by Gasteiger charge is -2.12. The first-order chi connectivity index (χ1) is 10.9. The van der Waals surface area contributed by atoms with Gasteiger partial charge in [-0.1, -0.05) is 12.1 Å². The highest BCUT2D eigenvalue weighted by Crippen LogP contribution is 2.30. The molecule has 0 heterocycles. The van der Waals surface area contributed by atoms with Crippen LogP contribution in [0, 0.1) is 0 Å². The minimum atomic E-state index is -3.81. The average molecular weight is 335 g/mol. The maximum absolute atomic E-state index is 12.4. The number of rotatable bonds is 6. The van der Waals surface area contributed by atoms with Gasteiger partial charge in [-0.25, -0.2) is 8.42 Å². The molecule has 0 aliphatic rings. The smallest absolute Gasteiger partial charge is 0.261 e. The fourth-order valence-electron chi connectivity index (χ4n) is 2.00. The Balaban J connectivity index is 2.35. The van der Waals surface area contributed by atoms with Crippen LogP contribution < -0.4 is 14.2 Å². The van der Waals surface area contributed by atoms with Gasteiger partial charge in [-0.05, 0) is 31.2 Å². The molecule has 0 atom stereocenters. The largest absolute Gasteiger partial charge is 0.493 e. The Morgan fingerprint density at radius 2 is 1.70 bits per heavy atom. The van der Waals surface area contributed by atoms with Crippen molar-refractivity contribution >= 4 is 21.5 Å². The highest BCUT2D eigenvalue weighted by atomic mass is 32.2. The van der Waals surface area contributed by atoms with Crippen molar-refractivity contribution in [1.29, 1.82) is 0 Å². The third-order valence-electron chi connectivity index (χ3n) is 3.19. The van der Waals surface area contributed by atoms with Crippen molar-refractivity contribution in [2.75, 3.05) is 18.9 Å². The van der Waals surface area contributed by atoms with Gasteiger partial charge in [0.05, 0.1) is 24.8 Å². The van der Waals surface area contributed by atoms with Crippen molar-refractivity contribution in [1.82, 2.24) is 0 Å². The summed E-state index contributed by atoms with van der Waals surface area (Å²) >= 11 is 0. The molecule has 0 spiro atoms. The summed E-state index contributed by atoms with van der Waals surface area (Å²) in [4.78, 5) is 11.4. The topological polar surface area (TPSA) is 81.7 Å².